The molecule has 8 heteroatoms. The summed E-state index contributed by atoms with van der Waals surface area (Å²) in [5.41, 5.74) is 6.83. The number of methoxy groups -OCH3 is 1. The fraction of sp³-hybridized carbons (Fsp3) is 0.182. The van der Waals surface area contributed by atoms with Gasteiger partial charge in [-0.05, 0) is 61.4 Å². The average Bonchev–Trinajstić information content (AvgIpc) is 3.14. The van der Waals surface area contributed by atoms with E-state index in [0.29, 0.717) is 28.5 Å². The van der Waals surface area contributed by atoms with Crippen molar-refractivity contribution in [2.24, 2.45) is 0 Å². The maximum Gasteiger partial charge on any atom is 0.279 e. The lowest BCUT2D eigenvalue weighted by atomic mass is 10.1. The number of nitrogens with one attached hydrogen (secondary N) is 2. The van der Waals surface area contributed by atoms with E-state index < -0.39 is 11.8 Å². The zero-order valence-corrected chi connectivity index (χ0v) is 17.6. The minimum atomic E-state index is -0.489. The van der Waals surface area contributed by atoms with Crippen molar-refractivity contribution >= 4 is 23.2 Å². The SMILES string of the molecule is CCOc1ccc(C(=O)NNC(=O)c2cc(C)c(-c3ccc(F)cc3)s2)cc1OC. The van der Waals surface area contributed by atoms with E-state index in [-0.39, 0.29) is 5.82 Å². The number of aryl methyl sites for hydroxylation is 1. The van der Waals surface area contributed by atoms with Gasteiger partial charge >= 0.3 is 0 Å². The molecule has 1 aromatic heterocycles. The van der Waals surface area contributed by atoms with Crippen LogP contribution in [0.3, 0.4) is 0 Å². The largest absolute Gasteiger partial charge is 0.493 e. The third kappa shape index (κ3) is 4.77. The Morgan fingerprint density at radius 3 is 2.37 bits per heavy atom. The Hall–Kier alpha value is -3.39. The minimum Gasteiger partial charge on any atom is -0.493 e. The van der Waals surface area contributed by atoms with Gasteiger partial charge in [-0.2, -0.15) is 0 Å². The maximum atomic E-state index is 13.1. The molecule has 6 nitrogen and oxygen atoms in total. The van der Waals surface area contributed by atoms with Crippen molar-refractivity contribution in [3.8, 4) is 21.9 Å². The lowest BCUT2D eigenvalue weighted by molar-refractivity contribution is 0.0848. The number of thiophene rings is 1. The molecular formula is C22H21FN2O4S. The van der Waals surface area contributed by atoms with Crippen molar-refractivity contribution in [3.05, 3.63) is 70.4 Å². The first-order valence-corrected chi connectivity index (χ1v) is 10.0. The summed E-state index contributed by atoms with van der Waals surface area (Å²) < 4.78 is 23.8. The molecule has 0 bridgehead atoms. The summed E-state index contributed by atoms with van der Waals surface area (Å²) in [6.45, 7) is 4.19. The molecule has 2 amide bonds. The average molecular weight is 428 g/mol. The van der Waals surface area contributed by atoms with Crippen molar-refractivity contribution in [2.75, 3.05) is 13.7 Å². The molecule has 0 saturated heterocycles. The molecule has 0 atom stereocenters. The maximum absolute atomic E-state index is 13.1. The van der Waals surface area contributed by atoms with Crippen molar-refractivity contribution in [1.82, 2.24) is 10.9 Å². The Bertz CT molecular complexity index is 1060. The van der Waals surface area contributed by atoms with E-state index in [0.717, 1.165) is 16.0 Å². The van der Waals surface area contributed by atoms with Crippen LogP contribution in [0.25, 0.3) is 10.4 Å². The van der Waals surface area contributed by atoms with Gasteiger partial charge in [0.1, 0.15) is 5.82 Å². The molecule has 0 aliphatic carbocycles. The summed E-state index contributed by atoms with van der Waals surface area (Å²) in [7, 11) is 1.49. The number of hydrazine groups is 1. The van der Waals surface area contributed by atoms with Crippen molar-refractivity contribution in [1.29, 1.82) is 0 Å². The highest BCUT2D eigenvalue weighted by Gasteiger charge is 2.16. The number of carbonyl (C=O) groups is 2. The zero-order valence-electron chi connectivity index (χ0n) is 16.7. The number of amides is 2. The fourth-order valence-electron chi connectivity index (χ4n) is 2.81. The monoisotopic (exact) mass is 428 g/mol. The second-order valence-corrected chi connectivity index (χ2v) is 7.39. The van der Waals surface area contributed by atoms with E-state index in [4.69, 9.17) is 9.47 Å². The molecule has 2 N–H and O–H groups in total. The highest BCUT2D eigenvalue weighted by atomic mass is 32.1. The second kappa shape index (κ2) is 9.41. The summed E-state index contributed by atoms with van der Waals surface area (Å²) in [4.78, 5) is 26.2. The van der Waals surface area contributed by atoms with Gasteiger partial charge in [-0.1, -0.05) is 12.1 Å². The molecule has 0 spiro atoms. The first-order valence-electron chi connectivity index (χ1n) is 9.20. The van der Waals surface area contributed by atoms with Gasteiger partial charge in [-0.15, -0.1) is 11.3 Å². The lowest BCUT2D eigenvalue weighted by Crippen LogP contribution is -2.41. The third-order valence-corrected chi connectivity index (χ3v) is 5.55. The molecular weight excluding hydrogens is 407 g/mol. The third-order valence-electron chi connectivity index (χ3n) is 4.26. The van der Waals surface area contributed by atoms with Gasteiger partial charge in [0.05, 0.1) is 18.6 Å². The van der Waals surface area contributed by atoms with Crippen LogP contribution in [0.4, 0.5) is 4.39 Å². The van der Waals surface area contributed by atoms with E-state index in [2.05, 4.69) is 10.9 Å². The Labute approximate surface area is 177 Å². The van der Waals surface area contributed by atoms with Crippen LogP contribution in [0.2, 0.25) is 0 Å². The van der Waals surface area contributed by atoms with Gasteiger partial charge in [0.15, 0.2) is 11.5 Å². The first kappa shape index (κ1) is 21.3. The Morgan fingerprint density at radius 2 is 1.70 bits per heavy atom. The van der Waals surface area contributed by atoms with Gasteiger partial charge < -0.3 is 9.47 Å². The number of ether oxygens (including phenoxy) is 2. The Kier molecular flexibility index (Phi) is 6.68. The van der Waals surface area contributed by atoms with E-state index in [9.17, 15) is 14.0 Å². The molecule has 3 aromatic rings. The molecule has 0 aliphatic rings. The smallest absolute Gasteiger partial charge is 0.279 e. The van der Waals surface area contributed by atoms with Crippen molar-refractivity contribution in [2.45, 2.75) is 13.8 Å². The molecule has 0 saturated carbocycles. The van der Waals surface area contributed by atoms with Crippen LogP contribution in [0.1, 0.15) is 32.5 Å². The number of rotatable bonds is 6. The zero-order chi connectivity index (χ0) is 21.7. The number of hydrogen-bond acceptors (Lipinski definition) is 5. The van der Waals surface area contributed by atoms with E-state index in [1.54, 1.807) is 30.3 Å². The fourth-order valence-corrected chi connectivity index (χ4v) is 3.89. The van der Waals surface area contributed by atoms with Gasteiger partial charge in [0, 0.05) is 10.4 Å². The van der Waals surface area contributed by atoms with Crippen molar-refractivity contribution in [3.63, 3.8) is 0 Å². The lowest BCUT2D eigenvalue weighted by Gasteiger charge is -2.11. The number of carbonyl (C=O) groups excluding carboxylic acids is 2. The highest BCUT2D eigenvalue weighted by Crippen LogP contribution is 2.32. The molecule has 30 heavy (non-hydrogen) atoms. The molecule has 0 fully saturated rings. The number of hydrogen-bond donors (Lipinski definition) is 2. The molecule has 3 rings (SSSR count). The molecule has 1 heterocycles. The van der Waals surface area contributed by atoms with Crippen LogP contribution in [-0.2, 0) is 0 Å². The summed E-state index contributed by atoms with van der Waals surface area (Å²) in [5.74, 6) is -0.296. The van der Waals surface area contributed by atoms with Crippen molar-refractivity contribution < 1.29 is 23.5 Å². The number of benzene rings is 2. The van der Waals surface area contributed by atoms with Crippen LogP contribution >= 0.6 is 11.3 Å². The summed E-state index contributed by atoms with van der Waals surface area (Å²) in [5, 5.41) is 0. The van der Waals surface area contributed by atoms with Gasteiger partial charge in [0.2, 0.25) is 0 Å². The van der Waals surface area contributed by atoms with Gasteiger partial charge in [0.25, 0.3) is 11.8 Å². The topological polar surface area (TPSA) is 76.7 Å². The highest BCUT2D eigenvalue weighted by molar-refractivity contribution is 7.17. The molecule has 2 aromatic carbocycles. The van der Waals surface area contributed by atoms with Crippen LogP contribution in [0, 0.1) is 12.7 Å². The molecule has 0 unspecified atom stereocenters. The quantitative estimate of drug-likeness (QED) is 0.573. The first-order chi connectivity index (χ1) is 14.4. The molecule has 0 radical (unpaired) electrons. The van der Waals surface area contributed by atoms with E-state index >= 15 is 0 Å². The molecule has 0 aliphatic heterocycles. The predicted octanol–water partition coefficient (Wildman–Crippen LogP) is 4.34. The Morgan fingerprint density at radius 1 is 1.00 bits per heavy atom. The number of halogens is 1. The predicted molar refractivity (Wildman–Crippen MR) is 114 cm³/mol. The normalized spacial score (nSPS) is 10.4. The summed E-state index contributed by atoms with van der Waals surface area (Å²) in [6, 6.07) is 12.6. The molecule has 156 valence electrons. The van der Waals surface area contributed by atoms with Crippen LogP contribution in [0.5, 0.6) is 11.5 Å². The van der Waals surface area contributed by atoms with E-state index in [1.165, 1.54) is 36.6 Å². The standard InChI is InChI=1S/C22H21FN2O4S/c1-4-29-17-10-7-15(12-18(17)28-3)21(26)24-25-22(27)19-11-13(2)20(30-19)14-5-8-16(23)9-6-14/h5-12H,4H2,1-3H3,(H,24,26)(H,25,27). The van der Waals surface area contributed by atoms with E-state index in [1.807, 2.05) is 13.8 Å². The Balaban J connectivity index is 1.68. The van der Waals surface area contributed by atoms with Crippen LogP contribution in [-0.4, -0.2) is 25.5 Å². The van der Waals surface area contributed by atoms with Crippen LogP contribution in [0.15, 0.2) is 48.5 Å². The summed E-state index contributed by atoms with van der Waals surface area (Å²) >= 11 is 1.27. The van der Waals surface area contributed by atoms with Gasteiger partial charge in [-0.3, -0.25) is 20.4 Å². The second-order valence-electron chi connectivity index (χ2n) is 6.34. The van der Waals surface area contributed by atoms with Gasteiger partial charge in [-0.25, -0.2) is 4.39 Å². The van der Waals surface area contributed by atoms with Crippen LogP contribution < -0.4 is 20.3 Å². The minimum absolute atomic E-state index is 0.310. The summed E-state index contributed by atoms with van der Waals surface area (Å²) in [6.07, 6.45) is 0.